The van der Waals surface area contributed by atoms with Gasteiger partial charge in [0.05, 0.1) is 12.7 Å². The number of nitrogens with one attached hydrogen (secondary N) is 1. The molecule has 3 rings (SSSR count). The van der Waals surface area contributed by atoms with Crippen LogP contribution in [0.3, 0.4) is 0 Å². The lowest BCUT2D eigenvalue weighted by Gasteiger charge is -2.23. The molecule has 0 saturated carbocycles. The quantitative estimate of drug-likeness (QED) is 0.862. The number of hydrogen-bond acceptors (Lipinski definition) is 2. The first-order chi connectivity index (χ1) is 8.42. The van der Waals surface area contributed by atoms with Crippen molar-refractivity contribution in [2.75, 3.05) is 13.1 Å². The predicted molar refractivity (Wildman–Crippen MR) is 69.1 cm³/mol. The zero-order valence-electron chi connectivity index (χ0n) is 10.4. The molecule has 0 atom stereocenters. The van der Waals surface area contributed by atoms with Crippen molar-refractivity contribution < 1.29 is 4.74 Å². The predicted octanol–water partition coefficient (Wildman–Crippen LogP) is 2.44. The summed E-state index contributed by atoms with van der Waals surface area (Å²) in [6.07, 6.45) is 6.63. The van der Waals surface area contributed by atoms with Gasteiger partial charge in [-0.1, -0.05) is 18.2 Å². The highest BCUT2D eigenvalue weighted by Gasteiger charge is 2.14. The third kappa shape index (κ3) is 2.70. The number of ether oxygens (including phenoxy) is 1. The Morgan fingerprint density at radius 3 is 2.82 bits per heavy atom. The first-order valence-electron chi connectivity index (χ1n) is 6.85. The van der Waals surface area contributed by atoms with Gasteiger partial charge < -0.3 is 10.1 Å². The molecule has 0 unspecified atom stereocenters. The first kappa shape index (κ1) is 11.2. The average molecular weight is 231 g/mol. The first-order valence-corrected chi connectivity index (χ1v) is 6.85. The van der Waals surface area contributed by atoms with Crippen LogP contribution < -0.4 is 5.32 Å². The number of aryl methyl sites for hydroxylation is 2. The molecule has 2 heteroatoms. The van der Waals surface area contributed by atoms with Gasteiger partial charge in [0.1, 0.15) is 0 Å². The van der Waals surface area contributed by atoms with Crippen molar-refractivity contribution in [1.29, 1.82) is 0 Å². The van der Waals surface area contributed by atoms with E-state index < -0.39 is 0 Å². The molecule has 1 heterocycles. The number of hydrogen-bond donors (Lipinski definition) is 1. The van der Waals surface area contributed by atoms with Crippen LogP contribution >= 0.6 is 0 Å². The molecule has 92 valence electrons. The monoisotopic (exact) mass is 231 g/mol. The fourth-order valence-corrected chi connectivity index (χ4v) is 2.89. The van der Waals surface area contributed by atoms with E-state index >= 15 is 0 Å². The Balaban J connectivity index is 1.57. The molecule has 1 saturated heterocycles. The minimum Gasteiger partial charge on any atom is -0.373 e. The molecule has 0 radical (unpaired) electrons. The lowest BCUT2D eigenvalue weighted by atomic mass is 10.1. The van der Waals surface area contributed by atoms with E-state index in [0.717, 1.165) is 32.5 Å². The molecule has 17 heavy (non-hydrogen) atoms. The minimum absolute atomic E-state index is 0.463. The van der Waals surface area contributed by atoms with E-state index in [1.807, 2.05) is 0 Å². The van der Waals surface area contributed by atoms with Crippen LogP contribution in [0.25, 0.3) is 0 Å². The normalized spacial score (nSPS) is 20.5. The van der Waals surface area contributed by atoms with Gasteiger partial charge in [-0.25, -0.2) is 0 Å². The summed E-state index contributed by atoms with van der Waals surface area (Å²) in [6, 6.07) is 6.89. The topological polar surface area (TPSA) is 21.3 Å². The van der Waals surface area contributed by atoms with Crippen LogP contribution in [-0.4, -0.2) is 19.2 Å². The van der Waals surface area contributed by atoms with Gasteiger partial charge in [-0.3, -0.25) is 0 Å². The van der Waals surface area contributed by atoms with Crippen molar-refractivity contribution in [3.63, 3.8) is 0 Å². The SMILES string of the molecule is c1cc2c(cc1COC1CCNCC1)CCC2. The van der Waals surface area contributed by atoms with Gasteiger partial charge in [0.2, 0.25) is 0 Å². The molecular weight excluding hydrogens is 210 g/mol. The van der Waals surface area contributed by atoms with Gasteiger partial charge in [0, 0.05) is 0 Å². The van der Waals surface area contributed by atoms with Crippen molar-refractivity contribution in [3.8, 4) is 0 Å². The summed E-state index contributed by atoms with van der Waals surface area (Å²) in [5, 5.41) is 3.37. The van der Waals surface area contributed by atoms with E-state index in [0.29, 0.717) is 6.10 Å². The molecule has 1 aromatic carbocycles. The van der Waals surface area contributed by atoms with E-state index in [9.17, 15) is 0 Å². The number of rotatable bonds is 3. The molecule has 1 N–H and O–H groups in total. The maximum Gasteiger partial charge on any atom is 0.0720 e. The third-order valence-corrected chi connectivity index (χ3v) is 3.93. The summed E-state index contributed by atoms with van der Waals surface area (Å²) in [7, 11) is 0. The van der Waals surface area contributed by atoms with E-state index in [4.69, 9.17) is 4.74 Å². The largest absolute Gasteiger partial charge is 0.373 e. The van der Waals surface area contributed by atoms with E-state index in [1.165, 1.54) is 24.8 Å². The third-order valence-electron chi connectivity index (χ3n) is 3.93. The number of piperidine rings is 1. The van der Waals surface area contributed by atoms with Crippen molar-refractivity contribution in [2.24, 2.45) is 0 Å². The van der Waals surface area contributed by atoms with Crippen LogP contribution in [0.15, 0.2) is 18.2 Å². The summed E-state index contributed by atoms with van der Waals surface area (Å²) in [5.41, 5.74) is 4.45. The summed E-state index contributed by atoms with van der Waals surface area (Å²) in [5.74, 6) is 0. The van der Waals surface area contributed by atoms with Crippen molar-refractivity contribution >= 4 is 0 Å². The highest BCUT2D eigenvalue weighted by Crippen LogP contribution is 2.23. The van der Waals surface area contributed by atoms with Crippen LogP contribution in [0.1, 0.15) is 36.0 Å². The molecule has 0 bridgehead atoms. The fraction of sp³-hybridized carbons (Fsp3) is 0.600. The number of benzene rings is 1. The molecule has 1 fully saturated rings. The maximum absolute atomic E-state index is 5.99. The lowest BCUT2D eigenvalue weighted by Crippen LogP contribution is -2.32. The molecule has 2 nitrogen and oxygen atoms in total. The second-order valence-electron chi connectivity index (χ2n) is 5.22. The van der Waals surface area contributed by atoms with Gasteiger partial charge in [0.15, 0.2) is 0 Å². The molecule has 1 aliphatic heterocycles. The van der Waals surface area contributed by atoms with E-state index in [2.05, 4.69) is 23.5 Å². The minimum atomic E-state index is 0.463. The molecule has 0 amide bonds. The van der Waals surface area contributed by atoms with Gasteiger partial charge in [-0.05, 0) is 61.9 Å². The zero-order valence-corrected chi connectivity index (χ0v) is 10.4. The molecule has 1 aromatic rings. The average Bonchev–Trinajstić information content (AvgIpc) is 2.85. The standard InChI is InChI=1S/C15H21NO/c1-2-13-5-4-12(10-14(13)3-1)11-17-15-6-8-16-9-7-15/h4-5,10,15-16H,1-3,6-9,11H2. The fourth-order valence-electron chi connectivity index (χ4n) is 2.89. The molecule has 1 aliphatic carbocycles. The Hall–Kier alpha value is -0.860. The van der Waals surface area contributed by atoms with Crippen LogP contribution in [0, 0.1) is 0 Å². The molecule has 0 aromatic heterocycles. The highest BCUT2D eigenvalue weighted by atomic mass is 16.5. The van der Waals surface area contributed by atoms with Crippen LogP contribution in [0.5, 0.6) is 0 Å². The Kier molecular flexibility index (Phi) is 3.44. The maximum atomic E-state index is 5.99. The Morgan fingerprint density at radius 2 is 1.94 bits per heavy atom. The lowest BCUT2D eigenvalue weighted by molar-refractivity contribution is 0.0212. The van der Waals surface area contributed by atoms with Gasteiger partial charge in [-0.2, -0.15) is 0 Å². The smallest absolute Gasteiger partial charge is 0.0720 e. The van der Waals surface area contributed by atoms with Crippen LogP contribution in [0.2, 0.25) is 0 Å². The number of fused-ring (bicyclic) bond motifs is 1. The van der Waals surface area contributed by atoms with Crippen LogP contribution in [0.4, 0.5) is 0 Å². The van der Waals surface area contributed by atoms with Crippen molar-refractivity contribution in [1.82, 2.24) is 5.32 Å². The summed E-state index contributed by atoms with van der Waals surface area (Å²) in [6.45, 7) is 3.00. The van der Waals surface area contributed by atoms with Crippen molar-refractivity contribution in [3.05, 3.63) is 34.9 Å². The Morgan fingerprint density at radius 1 is 1.12 bits per heavy atom. The summed E-state index contributed by atoms with van der Waals surface area (Å²) in [4.78, 5) is 0. The summed E-state index contributed by atoms with van der Waals surface area (Å²) < 4.78 is 5.99. The van der Waals surface area contributed by atoms with E-state index in [1.54, 1.807) is 11.1 Å². The van der Waals surface area contributed by atoms with Gasteiger partial charge >= 0.3 is 0 Å². The van der Waals surface area contributed by atoms with Crippen LogP contribution in [-0.2, 0) is 24.2 Å². The highest BCUT2D eigenvalue weighted by molar-refractivity contribution is 5.34. The second kappa shape index (κ2) is 5.19. The zero-order chi connectivity index (χ0) is 11.5. The Bertz CT molecular complexity index is 383. The van der Waals surface area contributed by atoms with E-state index in [-0.39, 0.29) is 0 Å². The second-order valence-corrected chi connectivity index (χ2v) is 5.22. The molecule has 0 spiro atoms. The molecule has 2 aliphatic rings. The van der Waals surface area contributed by atoms with Gasteiger partial charge in [-0.15, -0.1) is 0 Å². The summed E-state index contributed by atoms with van der Waals surface area (Å²) >= 11 is 0. The van der Waals surface area contributed by atoms with Gasteiger partial charge in [0.25, 0.3) is 0 Å². The van der Waals surface area contributed by atoms with Crippen molar-refractivity contribution in [2.45, 2.75) is 44.8 Å². The Labute approximate surface area is 103 Å². The molecular formula is C15H21NO.